The third kappa shape index (κ3) is 3.37. The molecule has 4 rings (SSSR count). The van der Waals surface area contributed by atoms with Crippen LogP contribution in [-0.4, -0.2) is 63.2 Å². The molecular weight excluding hydrogens is 475 g/mol. The number of aliphatic hydroxyl groups is 2. The van der Waals surface area contributed by atoms with Gasteiger partial charge < -0.3 is 19.7 Å². The second kappa shape index (κ2) is 8.41. The lowest BCUT2D eigenvalue weighted by Crippen LogP contribution is -2.70. The first-order chi connectivity index (χ1) is 16.7. The molecule has 0 aromatic carbocycles. The van der Waals surface area contributed by atoms with Gasteiger partial charge in [0.05, 0.1) is 11.5 Å². The Morgan fingerprint density at radius 1 is 1.19 bits per heavy atom. The maximum Gasteiger partial charge on any atom is 0.309 e. The maximum absolute atomic E-state index is 17.1. The number of ether oxygens (including phenoxy) is 2. The van der Waals surface area contributed by atoms with Crippen molar-refractivity contribution in [2.75, 3.05) is 0 Å². The number of halogens is 1. The lowest BCUT2D eigenvalue weighted by molar-refractivity contribution is -0.226. The minimum atomic E-state index is -2.34. The van der Waals surface area contributed by atoms with Gasteiger partial charge in [-0.05, 0) is 44.3 Å². The van der Waals surface area contributed by atoms with E-state index in [2.05, 4.69) is 0 Å². The van der Waals surface area contributed by atoms with Crippen molar-refractivity contribution in [1.82, 2.24) is 0 Å². The number of alkyl halides is 1. The van der Waals surface area contributed by atoms with Gasteiger partial charge in [0, 0.05) is 36.7 Å². The van der Waals surface area contributed by atoms with Crippen molar-refractivity contribution in [3.63, 3.8) is 0 Å². The van der Waals surface area contributed by atoms with Gasteiger partial charge in [0.25, 0.3) is 0 Å². The summed E-state index contributed by atoms with van der Waals surface area (Å²) in [5.74, 6) is -5.45. The highest BCUT2D eigenvalue weighted by Gasteiger charge is 2.75. The Morgan fingerprint density at radius 3 is 2.47 bits per heavy atom. The summed E-state index contributed by atoms with van der Waals surface area (Å²) < 4.78 is 27.1. The van der Waals surface area contributed by atoms with E-state index in [0.29, 0.717) is 0 Å². The van der Waals surface area contributed by atoms with Crippen molar-refractivity contribution in [3.8, 4) is 0 Å². The largest absolute Gasteiger partial charge is 0.417 e. The van der Waals surface area contributed by atoms with E-state index in [0.717, 1.165) is 13.0 Å². The molecule has 3 saturated carbocycles. The molecule has 36 heavy (non-hydrogen) atoms. The number of carbonyl (C=O) groups is 5. The first kappa shape index (κ1) is 26.3. The SMILES string of the molecule is CCC(=O)OC(OC(C)=O)C(=O)[C@@]1(O)CC[C@H]2[C@@H]3CC(=O)C4=CC(=O)C=C[C@]4(C)[C@@]3(F)[C@@H](O)C[C@@]21C. The standard InChI is InChI=1S/C26H31FO9/c1-5-20(32)36-22(35-13(2)28)21(33)25(34)9-7-15-16-11-18(30)17-10-14(29)6-8-23(17,3)26(16,27)19(31)12-24(15,25)4/h6,8,10,15-16,19,22,31,34H,5,7,9,11-12H2,1-4H3/t15-,16-,19-,22?,23-,24-,25-,26-/m0/s1. The predicted molar refractivity (Wildman–Crippen MR) is 121 cm³/mol. The molecule has 10 heteroatoms. The lowest BCUT2D eigenvalue weighted by Gasteiger charge is -2.62. The molecule has 0 spiro atoms. The van der Waals surface area contributed by atoms with Gasteiger partial charge in [0.2, 0.25) is 5.78 Å². The van der Waals surface area contributed by atoms with Crippen molar-refractivity contribution in [2.24, 2.45) is 22.7 Å². The van der Waals surface area contributed by atoms with Gasteiger partial charge in [-0.3, -0.25) is 24.0 Å². The average Bonchev–Trinajstić information content (AvgIpc) is 3.07. The molecule has 4 aliphatic rings. The summed E-state index contributed by atoms with van der Waals surface area (Å²) in [5.41, 5.74) is -7.56. The van der Waals surface area contributed by atoms with Crippen LogP contribution in [0.25, 0.3) is 0 Å². The molecule has 9 nitrogen and oxygen atoms in total. The Labute approximate surface area is 207 Å². The smallest absolute Gasteiger partial charge is 0.309 e. The molecule has 0 radical (unpaired) electrons. The predicted octanol–water partition coefficient (Wildman–Crippen LogP) is 1.68. The Bertz CT molecular complexity index is 1110. The van der Waals surface area contributed by atoms with E-state index in [-0.39, 0.29) is 37.7 Å². The van der Waals surface area contributed by atoms with Crippen molar-refractivity contribution in [1.29, 1.82) is 0 Å². The number of esters is 2. The fourth-order valence-electron chi connectivity index (χ4n) is 7.13. The van der Waals surface area contributed by atoms with Crippen LogP contribution in [0.4, 0.5) is 4.39 Å². The van der Waals surface area contributed by atoms with Crippen molar-refractivity contribution in [3.05, 3.63) is 23.8 Å². The number of fused-ring (bicyclic) bond motifs is 5. The normalized spacial score (nSPS) is 42.0. The molecule has 3 fully saturated rings. The highest BCUT2D eigenvalue weighted by Crippen LogP contribution is 2.69. The van der Waals surface area contributed by atoms with E-state index in [1.807, 2.05) is 0 Å². The molecule has 0 aromatic heterocycles. The number of ketones is 3. The van der Waals surface area contributed by atoms with Gasteiger partial charge in [-0.2, -0.15) is 0 Å². The molecule has 4 aliphatic carbocycles. The van der Waals surface area contributed by atoms with E-state index in [9.17, 15) is 34.2 Å². The maximum atomic E-state index is 17.1. The molecule has 0 aromatic rings. The zero-order valence-corrected chi connectivity index (χ0v) is 20.7. The van der Waals surface area contributed by atoms with Crippen LogP contribution in [-0.2, 0) is 33.4 Å². The van der Waals surface area contributed by atoms with Gasteiger partial charge in [0.15, 0.2) is 17.2 Å². The number of hydrogen-bond donors (Lipinski definition) is 2. The number of Topliss-reactive ketones (excluding diaryl/α,β-unsaturated/α-hetero) is 2. The van der Waals surface area contributed by atoms with Crippen LogP contribution in [0.5, 0.6) is 0 Å². The molecule has 196 valence electrons. The molecule has 0 aliphatic heterocycles. The minimum absolute atomic E-state index is 0.00198. The third-order valence-electron chi connectivity index (χ3n) is 9.06. The van der Waals surface area contributed by atoms with Gasteiger partial charge in [-0.25, -0.2) is 4.39 Å². The molecule has 0 bridgehead atoms. The second-order valence-electron chi connectivity index (χ2n) is 10.8. The summed E-state index contributed by atoms with van der Waals surface area (Å²) in [6.45, 7) is 5.52. The van der Waals surface area contributed by atoms with Gasteiger partial charge in [0.1, 0.15) is 5.60 Å². The van der Waals surface area contributed by atoms with Crippen LogP contribution >= 0.6 is 0 Å². The van der Waals surface area contributed by atoms with E-state index in [1.54, 1.807) is 0 Å². The number of rotatable bonds is 5. The average molecular weight is 507 g/mol. The summed E-state index contributed by atoms with van der Waals surface area (Å²) in [6, 6.07) is 0. The summed E-state index contributed by atoms with van der Waals surface area (Å²) in [6.07, 6.45) is -0.879. The second-order valence-corrected chi connectivity index (χ2v) is 10.8. The number of hydrogen-bond acceptors (Lipinski definition) is 9. The zero-order valence-electron chi connectivity index (χ0n) is 20.7. The molecule has 8 atom stereocenters. The summed E-state index contributed by atoms with van der Waals surface area (Å²) in [7, 11) is 0. The number of aliphatic hydroxyl groups excluding tert-OH is 1. The Kier molecular flexibility index (Phi) is 6.16. The Hall–Kier alpha value is -2.72. The molecule has 0 amide bonds. The Balaban J connectivity index is 1.75. The molecule has 2 N–H and O–H groups in total. The van der Waals surface area contributed by atoms with E-state index in [4.69, 9.17) is 9.47 Å². The molecular formula is C26H31FO9. The Morgan fingerprint density at radius 2 is 1.86 bits per heavy atom. The summed E-state index contributed by atoms with van der Waals surface area (Å²) in [5, 5.41) is 23.0. The van der Waals surface area contributed by atoms with Gasteiger partial charge in [-0.15, -0.1) is 0 Å². The first-order valence-corrected chi connectivity index (χ1v) is 12.1. The highest BCUT2D eigenvalue weighted by molar-refractivity contribution is 6.10. The topological polar surface area (TPSA) is 144 Å². The van der Waals surface area contributed by atoms with E-state index < -0.39 is 75.6 Å². The van der Waals surface area contributed by atoms with E-state index in [1.165, 1.54) is 32.9 Å². The van der Waals surface area contributed by atoms with Gasteiger partial charge >= 0.3 is 18.2 Å². The summed E-state index contributed by atoms with van der Waals surface area (Å²) >= 11 is 0. The van der Waals surface area contributed by atoms with Crippen LogP contribution in [0, 0.1) is 22.7 Å². The zero-order chi connectivity index (χ0) is 26.8. The van der Waals surface area contributed by atoms with Crippen LogP contribution in [0.3, 0.4) is 0 Å². The first-order valence-electron chi connectivity index (χ1n) is 12.1. The van der Waals surface area contributed by atoms with Crippen molar-refractivity contribution in [2.45, 2.75) is 83.5 Å². The van der Waals surface area contributed by atoms with Crippen molar-refractivity contribution >= 4 is 29.3 Å². The van der Waals surface area contributed by atoms with Gasteiger partial charge in [-0.1, -0.05) is 19.9 Å². The quantitative estimate of drug-likeness (QED) is 0.420. The van der Waals surface area contributed by atoms with Crippen LogP contribution < -0.4 is 0 Å². The fourth-order valence-corrected chi connectivity index (χ4v) is 7.13. The lowest BCUT2D eigenvalue weighted by atomic mass is 9.44. The highest BCUT2D eigenvalue weighted by atomic mass is 19.1. The molecule has 1 unspecified atom stereocenters. The van der Waals surface area contributed by atoms with Crippen LogP contribution in [0.15, 0.2) is 23.8 Å². The van der Waals surface area contributed by atoms with Crippen LogP contribution in [0.2, 0.25) is 0 Å². The van der Waals surface area contributed by atoms with Crippen molar-refractivity contribution < 1.29 is 48.0 Å². The third-order valence-corrected chi connectivity index (χ3v) is 9.06. The fraction of sp³-hybridized carbons (Fsp3) is 0.654. The van der Waals surface area contributed by atoms with Crippen LogP contribution in [0.1, 0.15) is 59.8 Å². The number of carbonyl (C=O) groups excluding carboxylic acids is 5. The number of allylic oxidation sites excluding steroid dienone is 4. The summed E-state index contributed by atoms with van der Waals surface area (Å²) in [4.78, 5) is 62.1. The minimum Gasteiger partial charge on any atom is -0.417 e. The monoisotopic (exact) mass is 506 g/mol. The van der Waals surface area contributed by atoms with E-state index >= 15 is 4.39 Å². The molecule has 0 saturated heterocycles. The molecule has 0 heterocycles.